The molecule has 0 saturated carbocycles. The second-order valence-electron chi connectivity index (χ2n) is 7.69. The van der Waals surface area contributed by atoms with E-state index in [4.69, 9.17) is 4.74 Å². The van der Waals surface area contributed by atoms with Crippen LogP contribution in [0.2, 0.25) is 0 Å². The summed E-state index contributed by atoms with van der Waals surface area (Å²) in [5.41, 5.74) is 1.09. The average Bonchev–Trinajstić information content (AvgIpc) is 3.17. The average molecular weight is 465 g/mol. The summed E-state index contributed by atoms with van der Waals surface area (Å²) in [5.74, 6) is 0.107. The minimum Gasteiger partial charge on any atom is -0.496 e. The van der Waals surface area contributed by atoms with Crippen LogP contribution in [0.25, 0.3) is 16.5 Å². The molecular formula is C26H25FN2O3S. The number of rotatable bonds is 5. The fraction of sp³-hybridized carbons (Fsp3) is 0.231. The molecule has 2 heterocycles. The molecule has 0 bridgehead atoms. The molecule has 7 heteroatoms. The van der Waals surface area contributed by atoms with E-state index in [-0.39, 0.29) is 17.6 Å². The molecule has 2 amide bonds. The molecule has 0 unspecified atom stereocenters. The molecule has 1 aromatic heterocycles. The Kier molecular flexibility index (Phi) is 7.19. The number of ether oxygens (including phenoxy) is 1. The predicted molar refractivity (Wildman–Crippen MR) is 129 cm³/mol. The number of thiophene rings is 1. The lowest BCUT2D eigenvalue weighted by Crippen LogP contribution is -2.36. The van der Waals surface area contributed by atoms with Crippen LogP contribution in [-0.2, 0) is 4.79 Å². The molecule has 0 atom stereocenters. The van der Waals surface area contributed by atoms with Crippen molar-refractivity contribution in [3.8, 4) is 16.2 Å². The van der Waals surface area contributed by atoms with Crippen molar-refractivity contribution in [2.75, 3.05) is 33.3 Å². The number of hydrogen-bond donors (Lipinski definition) is 0. The topological polar surface area (TPSA) is 49.9 Å². The molecule has 2 aromatic carbocycles. The van der Waals surface area contributed by atoms with Gasteiger partial charge in [0.2, 0.25) is 5.91 Å². The molecule has 4 rings (SSSR count). The van der Waals surface area contributed by atoms with Gasteiger partial charge in [0.05, 0.1) is 12.7 Å². The molecule has 0 aliphatic carbocycles. The molecule has 5 nitrogen and oxygen atoms in total. The summed E-state index contributed by atoms with van der Waals surface area (Å²) in [7, 11) is 1.55. The third-order valence-corrected chi connectivity index (χ3v) is 6.67. The fourth-order valence-electron chi connectivity index (χ4n) is 3.84. The van der Waals surface area contributed by atoms with E-state index in [0.717, 1.165) is 9.75 Å². The SMILES string of the molecule is COc1ccccc1C(=O)N1CCCN(C(=O)/C=C/c2ccc(-c3ccccc3F)s2)CC1. The van der Waals surface area contributed by atoms with E-state index in [1.54, 1.807) is 59.4 Å². The summed E-state index contributed by atoms with van der Waals surface area (Å²) < 4.78 is 19.3. The number of para-hydroxylation sites is 1. The summed E-state index contributed by atoms with van der Waals surface area (Å²) in [6, 6.07) is 17.6. The molecule has 1 fully saturated rings. The smallest absolute Gasteiger partial charge is 0.257 e. The number of nitrogens with zero attached hydrogens (tertiary/aromatic N) is 2. The Bertz CT molecular complexity index is 1170. The first kappa shape index (κ1) is 22.7. The van der Waals surface area contributed by atoms with Gasteiger partial charge in [-0.15, -0.1) is 11.3 Å². The highest BCUT2D eigenvalue weighted by Gasteiger charge is 2.23. The fourth-order valence-corrected chi connectivity index (χ4v) is 4.78. The normalized spacial score (nSPS) is 14.4. The molecule has 33 heavy (non-hydrogen) atoms. The van der Waals surface area contributed by atoms with E-state index < -0.39 is 0 Å². The van der Waals surface area contributed by atoms with Gasteiger partial charge >= 0.3 is 0 Å². The van der Waals surface area contributed by atoms with Gasteiger partial charge in [-0.3, -0.25) is 9.59 Å². The van der Waals surface area contributed by atoms with Crippen molar-refractivity contribution in [2.45, 2.75) is 6.42 Å². The lowest BCUT2D eigenvalue weighted by Gasteiger charge is -2.22. The highest BCUT2D eigenvalue weighted by molar-refractivity contribution is 7.16. The molecule has 1 saturated heterocycles. The maximum atomic E-state index is 14.0. The van der Waals surface area contributed by atoms with Crippen LogP contribution in [0, 0.1) is 5.82 Å². The van der Waals surface area contributed by atoms with Crippen molar-refractivity contribution in [1.29, 1.82) is 0 Å². The number of methoxy groups -OCH3 is 1. The summed E-state index contributed by atoms with van der Waals surface area (Å²) >= 11 is 1.44. The third kappa shape index (κ3) is 5.31. The summed E-state index contributed by atoms with van der Waals surface area (Å²) in [6.45, 7) is 2.10. The Hall–Kier alpha value is -3.45. The van der Waals surface area contributed by atoms with E-state index in [1.165, 1.54) is 17.4 Å². The van der Waals surface area contributed by atoms with E-state index in [2.05, 4.69) is 0 Å². The van der Waals surface area contributed by atoms with Crippen LogP contribution < -0.4 is 4.74 Å². The van der Waals surface area contributed by atoms with Crippen molar-refractivity contribution in [3.63, 3.8) is 0 Å². The summed E-state index contributed by atoms with van der Waals surface area (Å²) in [4.78, 5) is 31.0. The lowest BCUT2D eigenvalue weighted by molar-refractivity contribution is -0.125. The first-order valence-corrected chi connectivity index (χ1v) is 11.6. The maximum absolute atomic E-state index is 14.0. The Morgan fingerprint density at radius 1 is 0.939 bits per heavy atom. The van der Waals surface area contributed by atoms with Gasteiger partial charge in [0.15, 0.2) is 0 Å². The van der Waals surface area contributed by atoms with E-state index in [1.807, 2.05) is 24.3 Å². The second kappa shape index (κ2) is 10.4. The summed E-state index contributed by atoms with van der Waals surface area (Å²) in [6.07, 6.45) is 4.02. The molecule has 0 radical (unpaired) electrons. The minimum absolute atomic E-state index is 0.0865. The zero-order valence-corrected chi connectivity index (χ0v) is 19.2. The maximum Gasteiger partial charge on any atom is 0.257 e. The van der Waals surface area contributed by atoms with Crippen LogP contribution in [0.4, 0.5) is 4.39 Å². The number of hydrogen-bond acceptors (Lipinski definition) is 4. The van der Waals surface area contributed by atoms with Crippen LogP contribution in [0.15, 0.2) is 66.7 Å². The zero-order chi connectivity index (χ0) is 23.2. The number of benzene rings is 2. The van der Waals surface area contributed by atoms with Crippen molar-refractivity contribution in [3.05, 3.63) is 83.0 Å². The van der Waals surface area contributed by atoms with Gasteiger partial charge in [0.1, 0.15) is 11.6 Å². The van der Waals surface area contributed by atoms with E-state index >= 15 is 0 Å². The van der Waals surface area contributed by atoms with E-state index in [9.17, 15) is 14.0 Å². The molecule has 0 N–H and O–H groups in total. The second-order valence-corrected chi connectivity index (χ2v) is 8.80. The highest BCUT2D eigenvalue weighted by Crippen LogP contribution is 2.30. The first-order valence-electron chi connectivity index (χ1n) is 10.8. The van der Waals surface area contributed by atoms with Gasteiger partial charge in [-0.05, 0) is 42.8 Å². The van der Waals surface area contributed by atoms with Crippen LogP contribution in [0.3, 0.4) is 0 Å². The van der Waals surface area contributed by atoms with Gasteiger partial charge in [-0.25, -0.2) is 4.39 Å². The standard InChI is InChI=1S/C26H25FN2O3S/c1-32-23-10-5-3-8-21(23)26(31)29-16-6-15-28(17-18-29)25(30)14-12-19-11-13-24(33-19)20-7-2-4-9-22(20)27/h2-5,7-14H,6,15-18H2,1H3/b14-12+. The van der Waals surface area contributed by atoms with Gasteiger partial charge in [-0.1, -0.05) is 30.3 Å². The minimum atomic E-state index is -0.261. The number of amides is 2. The predicted octanol–water partition coefficient (Wildman–Crippen LogP) is 4.95. The molecule has 3 aromatic rings. The van der Waals surface area contributed by atoms with Gasteiger partial charge in [0, 0.05) is 47.6 Å². The molecule has 0 spiro atoms. The third-order valence-electron chi connectivity index (χ3n) is 5.59. The number of carbonyl (C=O) groups excluding carboxylic acids is 2. The van der Waals surface area contributed by atoms with Gasteiger partial charge in [0.25, 0.3) is 5.91 Å². The van der Waals surface area contributed by atoms with Crippen molar-refractivity contribution in [1.82, 2.24) is 9.80 Å². The van der Waals surface area contributed by atoms with Gasteiger partial charge < -0.3 is 14.5 Å². The van der Waals surface area contributed by atoms with Crippen molar-refractivity contribution in [2.24, 2.45) is 0 Å². The molecular weight excluding hydrogens is 439 g/mol. The van der Waals surface area contributed by atoms with E-state index in [0.29, 0.717) is 49.5 Å². The Morgan fingerprint density at radius 2 is 1.67 bits per heavy atom. The Morgan fingerprint density at radius 3 is 2.48 bits per heavy atom. The zero-order valence-electron chi connectivity index (χ0n) is 18.4. The van der Waals surface area contributed by atoms with Crippen LogP contribution in [-0.4, -0.2) is 54.9 Å². The molecule has 1 aliphatic heterocycles. The van der Waals surface area contributed by atoms with Crippen molar-refractivity contribution >= 4 is 29.2 Å². The van der Waals surface area contributed by atoms with Gasteiger partial charge in [-0.2, -0.15) is 0 Å². The first-order chi connectivity index (χ1) is 16.1. The van der Waals surface area contributed by atoms with Crippen LogP contribution in [0.1, 0.15) is 21.7 Å². The largest absolute Gasteiger partial charge is 0.496 e. The van der Waals surface area contributed by atoms with Crippen LogP contribution in [0.5, 0.6) is 5.75 Å². The van der Waals surface area contributed by atoms with Crippen molar-refractivity contribution < 1.29 is 18.7 Å². The molecule has 1 aliphatic rings. The highest BCUT2D eigenvalue weighted by atomic mass is 32.1. The Balaban J connectivity index is 1.38. The van der Waals surface area contributed by atoms with Crippen LogP contribution >= 0.6 is 11.3 Å². The monoisotopic (exact) mass is 464 g/mol. The quantitative estimate of drug-likeness (QED) is 0.502. The molecule has 170 valence electrons. The summed E-state index contributed by atoms with van der Waals surface area (Å²) in [5, 5.41) is 0. The number of carbonyl (C=O) groups is 2. The number of halogens is 1. The Labute approximate surface area is 196 Å². The lowest BCUT2D eigenvalue weighted by atomic mass is 10.1.